The maximum Gasteiger partial charge on any atom is 0.224 e. The van der Waals surface area contributed by atoms with E-state index < -0.39 is 5.41 Å². The van der Waals surface area contributed by atoms with E-state index in [1.54, 1.807) is 0 Å². The van der Waals surface area contributed by atoms with E-state index in [9.17, 15) is 9.59 Å². The number of fused-ring (bicyclic) bond motifs is 2. The fourth-order valence-corrected chi connectivity index (χ4v) is 5.78. The number of benzene rings is 3. The number of azo groups is 1. The number of ether oxygens (including phenoxy) is 1. The van der Waals surface area contributed by atoms with Crippen molar-refractivity contribution in [3.63, 3.8) is 0 Å². The average Bonchev–Trinajstić information content (AvgIpc) is 2.98. The monoisotopic (exact) mass is 624 g/mol. The van der Waals surface area contributed by atoms with Gasteiger partial charge in [-0.3, -0.25) is 9.59 Å². The number of hydrogen-bond donors (Lipinski definition) is 1. The second-order valence-corrected chi connectivity index (χ2v) is 14.9. The number of amides is 2. The Kier molecular flexibility index (Phi) is 10.4. The normalized spacial score (nSPS) is 14.0. The van der Waals surface area contributed by atoms with Crippen molar-refractivity contribution < 1.29 is 14.3 Å². The lowest BCUT2D eigenvalue weighted by molar-refractivity contribution is -0.131. The van der Waals surface area contributed by atoms with Crippen molar-refractivity contribution in [1.29, 1.82) is 0 Å². The Hall–Kier alpha value is -4.00. The standard InChI is InChI=1S/C39H52N4O3/c1-11-43(12-2)34(45)21-17-16-20-33(44)40-31-24-26(37(3,4)5)22-29-35(31)46-36-30(39(29,9)10)23-27(38(6,7)8)25-32(36)42-41-28-18-14-13-15-19-28/h13-15,18-19,22-25H,11-12,16-17,20-21H2,1-10H3,(H,40,44). The van der Waals surface area contributed by atoms with E-state index in [1.165, 1.54) is 0 Å². The van der Waals surface area contributed by atoms with Gasteiger partial charge in [0.05, 0.1) is 11.4 Å². The van der Waals surface area contributed by atoms with Crippen molar-refractivity contribution in [2.45, 2.75) is 111 Å². The highest BCUT2D eigenvalue weighted by Gasteiger charge is 2.39. The lowest BCUT2D eigenvalue weighted by atomic mass is 9.71. The molecule has 0 fully saturated rings. The maximum absolute atomic E-state index is 13.3. The van der Waals surface area contributed by atoms with Gasteiger partial charge in [0, 0.05) is 42.5 Å². The van der Waals surface area contributed by atoms with Gasteiger partial charge in [0.15, 0.2) is 11.5 Å². The van der Waals surface area contributed by atoms with Gasteiger partial charge >= 0.3 is 0 Å². The summed E-state index contributed by atoms with van der Waals surface area (Å²) in [5.41, 5.74) is 5.65. The largest absolute Gasteiger partial charge is 0.452 e. The van der Waals surface area contributed by atoms with Gasteiger partial charge in [0.2, 0.25) is 11.8 Å². The quantitative estimate of drug-likeness (QED) is 0.180. The smallest absolute Gasteiger partial charge is 0.224 e. The fraction of sp³-hybridized carbons (Fsp3) is 0.487. The molecule has 3 aromatic carbocycles. The van der Waals surface area contributed by atoms with E-state index in [0.29, 0.717) is 61.6 Å². The van der Waals surface area contributed by atoms with Crippen molar-refractivity contribution in [3.8, 4) is 11.5 Å². The molecule has 7 heteroatoms. The van der Waals surface area contributed by atoms with Gasteiger partial charge in [-0.15, -0.1) is 5.11 Å². The van der Waals surface area contributed by atoms with Crippen LogP contribution in [0.5, 0.6) is 11.5 Å². The number of hydrogen-bond acceptors (Lipinski definition) is 5. The number of rotatable bonds is 10. The Bertz CT molecular complexity index is 1590. The minimum Gasteiger partial charge on any atom is -0.452 e. The Morgan fingerprint density at radius 2 is 1.35 bits per heavy atom. The number of nitrogens with one attached hydrogen (secondary N) is 1. The molecular formula is C39H52N4O3. The van der Waals surface area contributed by atoms with Crippen LogP contribution in [0, 0.1) is 0 Å². The molecule has 0 saturated carbocycles. The number of unbranched alkanes of at least 4 members (excludes halogenated alkanes) is 1. The molecule has 0 aromatic heterocycles. The molecule has 46 heavy (non-hydrogen) atoms. The third kappa shape index (κ3) is 7.86. The summed E-state index contributed by atoms with van der Waals surface area (Å²) in [6.45, 7) is 22.9. The third-order valence-corrected chi connectivity index (χ3v) is 8.91. The highest BCUT2D eigenvalue weighted by molar-refractivity contribution is 5.93. The second-order valence-electron chi connectivity index (χ2n) is 14.9. The van der Waals surface area contributed by atoms with Crippen LogP contribution in [0.25, 0.3) is 0 Å². The van der Waals surface area contributed by atoms with Gasteiger partial charge in [-0.1, -0.05) is 85.7 Å². The molecule has 0 spiro atoms. The van der Waals surface area contributed by atoms with Gasteiger partial charge in [0.1, 0.15) is 5.69 Å². The van der Waals surface area contributed by atoms with Crippen molar-refractivity contribution in [2.75, 3.05) is 18.4 Å². The Balaban J connectivity index is 1.73. The van der Waals surface area contributed by atoms with Crippen molar-refractivity contribution in [1.82, 2.24) is 4.90 Å². The summed E-state index contributed by atoms with van der Waals surface area (Å²) >= 11 is 0. The van der Waals surface area contributed by atoms with Crippen LogP contribution in [0.1, 0.15) is 117 Å². The minimum absolute atomic E-state index is 0.0946. The fourth-order valence-electron chi connectivity index (χ4n) is 5.78. The van der Waals surface area contributed by atoms with Crippen LogP contribution in [0.15, 0.2) is 64.8 Å². The molecule has 1 aliphatic rings. The van der Waals surface area contributed by atoms with Gasteiger partial charge in [-0.25, -0.2) is 0 Å². The first-order valence-corrected chi connectivity index (χ1v) is 16.7. The molecule has 4 rings (SSSR count). The van der Waals surface area contributed by atoms with E-state index in [1.807, 2.05) is 55.1 Å². The van der Waals surface area contributed by atoms with Crippen molar-refractivity contribution in [2.24, 2.45) is 10.2 Å². The van der Waals surface area contributed by atoms with Crippen molar-refractivity contribution in [3.05, 3.63) is 76.9 Å². The first-order valence-electron chi connectivity index (χ1n) is 16.7. The van der Waals surface area contributed by atoms with E-state index in [2.05, 4.69) is 84.0 Å². The zero-order valence-electron chi connectivity index (χ0n) is 29.5. The SMILES string of the molecule is CCN(CC)C(=O)CCCCC(=O)Nc1cc(C(C)(C)C)cc2c1Oc1c(N=Nc3ccccc3)cc(C(C)(C)C)cc1C2(C)C. The molecule has 7 nitrogen and oxygen atoms in total. The molecular weight excluding hydrogens is 572 g/mol. The lowest BCUT2D eigenvalue weighted by Crippen LogP contribution is -2.30. The number of anilines is 1. The Labute approximate surface area is 275 Å². The average molecular weight is 625 g/mol. The van der Waals surface area contributed by atoms with Gasteiger partial charge in [0.25, 0.3) is 0 Å². The third-order valence-electron chi connectivity index (χ3n) is 8.91. The molecule has 0 bridgehead atoms. The summed E-state index contributed by atoms with van der Waals surface area (Å²) < 4.78 is 6.79. The molecule has 2 amide bonds. The minimum atomic E-state index is -0.452. The van der Waals surface area contributed by atoms with Crippen LogP contribution in [0.2, 0.25) is 0 Å². The van der Waals surface area contributed by atoms with E-state index >= 15 is 0 Å². The molecule has 0 saturated heterocycles. The van der Waals surface area contributed by atoms with Crippen LogP contribution in [0.3, 0.4) is 0 Å². The zero-order valence-corrected chi connectivity index (χ0v) is 29.5. The topological polar surface area (TPSA) is 83.4 Å². The Morgan fingerprint density at radius 3 is 1.93 bits per heavy atom. The molecule has 0 unspecified atom stereocenters. The first-order chi connectivity index (χ1) is 21.6. The molecule has 1 N–H and O–H groups in total. The van der Waals surface area contributed by atoms with Crippen LogP contribution >= 0.6 is 0 Å². The summed E-state index contributed by atoms with van der Waals surface area (Å²) in [6.07, 6.45) is 2.08. The van der Waals surface area contributed by atoms with E-state index in [4.69, 9.17) is 9.85 Å². The Morgan fingerprint density at radius 1 is 0.783 bits per heavy atom. The van der Waals surface area contributed by atoms with Gasteiger partial charge < -0.3 is 15.0 Å². The predicted molar refractivity (Wildman–Crippen MR) is 188 cm³/mol. The van der Waals surface area contributed by atoms with Crippen LogP contribution in [-0.2, 0) is 25.8 Å². The molecule has 246 valence electrons. The van der Waals surface area contributed by atoms with E-state index in [0.717, 1.165) is 27.9 Å². The summed E-state index contributed by atoms with van der Waals surface area (Å²) in [6, 6.07) is 18.2. The predicted octanol–water partition coefficient (Wildman–Crippen LogP) is 10.5. The van der Waals surface area contributed by atoms with Crippen LogP contribution in [0.4, 0.5) is 17.1 Å². The molecule has 0 aliphatic carbocycles. The summed E-state index contributed by atoms with van der Waals surface area (Å²) in [5, 5.41) is 12.5. The second kappa shape index (κ2) is 13.8. The van der Waals surface area contributed by atoms with E-state index in [-0.39, 0.29) is 22.6 Å². The number of nitrogens with zero attached hydrogens (tertiary/aromatic N) is 3. The van der Waals surface area contributed by atoms with Crippen LogP contribution in [-0.4, -0.2) is 29.8 Å². The molecule has 1 aliphatic heterocycles. The summed E-state index contributed by atoms with van der Waals surface area (Å²) in [4.78, 5) is 27.6. The first kappa shape index (κ1) is 34.9. The van der Waals surface area contributed by atoms with Crippen molar-refractivity contribution >= 4 is 28.9 Å². The highest BCUT2D eigenvalue weighted by atomic mass is 16.5. The molecule has 0 radical (unpaired) electrons. The van der Waals surface area contributed by atoms with Gasteiger partial charge in [-0.05, 0) is 72.9 Å². The lowest BCUT2D eigenvalue weighted by Gasteiger charge is -2.38. The summed E-state index contributed by atoms with van der Waals surface area (Å²) in [7, 11) is 0. The molecule has 1 heterocycles. The number of carbonyl (C=O) groups is 2. The molecule has 3 aromatic rings. The van der Waals surface area contributed by atoms with Gasteiger partial charge in [-0.2, -0.15) is 5.11 Å². The summed E-state index contributed by atoms with van der Waals surface area (Å²) in [5.74, 6) is 1.33. The zero-order chi connectivity index (χ0) is 33.9. The molecule has 0 atom stereocenters. The van der Waals surface area contributed by atoms with Crippen LogP contribution < -0.4 is 10.1 Å². The highest BCUT2D eigenvalue weighted by Crippen LogP contribution is 2.55. The number of carbonyl (C=O) groups excluding carboxylic acids is 2. The maximum atomic E-state index is 13.3.